The summed E-state index contributed by atoms with van der Waals surface area (Å²) in [7, 11) is 0. The van der Waals surface area contributed by atoms with Crippen LogP contribution in [0.5, 0.6) is 5.75 Å². The maximum atomic E-state index is 13.1. The first-order valence-corrected chi connectivity index (χ1v) is 11.6. The molecule has 5 rings (SSSR count). The second kappa shape index (κ2) is 7.22. The molecule has 0 radical (unpaired) electrons. The molecule has 1 saturated carbocycles. The van der Waals surface area contributed by atoms with Gasteiger partial charge in [-0.05, 0) is 55.9 Å². The fraction of sp³-hybridized carbons (Fsp3) is 0.522. The van der Waals surface area contributed by atoms with Crippen LogP contribution in [-0.2, 0) is 18.4 Å². The Balaban J connectivity index is 1.63. The summed E-state index contributed by atoms with van der Waals surface area (Å²) in [4.78, 5) is 31.7. The van der Waals surface area contributed by atoms with E-state index in [4.69, 9.17) is 0 Å². The van der Waals surface area contributed by atoms with Crippen molar-refractivity contribution >= 4 is 21.8 Å². The van der Waals surface area contributed by atoms with E-state index < -0.39 is 11.3 Å². The Morgan fingerprint density at radius 2 is 1.97 bits per heavy atom. The molecule has 7 heteroatoms. The molecule has 1 N–H and O–H groups in total. The van der Waals surface area contributed by atoms with E-state index >= 15 is 0 Å². The van der Waals surface area contributed by atoms with Gasteiger partial charge in [0.2, 0.25) is 5.75 Å². The van der Waals surface area contributed by atoms with Crippen LogP contribution in [0, 0.1) is 6.92 Å². The molecule has 1 aromatic carbocycles. The van der Waals surface area contributed by atoms with Gasteiger partial charge < -0.3 is 14.6 Å². The third-order valence-electron chi connectivity index (χ3n) is 7.18. The molecule has 3 heterocycles. The normalized spacial score (nSPS) is 22.3. The molecular weight excluding hydrogens is 446 g/mol. The molecule has 2 fully saturated rings. The van der Waals surface area contributed by atoms with E-state index in [-0.39, 0.29) is 23.1 Å². The number of aromatic hydroxyl groups is 1. The van der Waals surface area contributed by atoms with Gasteiger partial charge in [0.25, 0.3) is 5.91 Å². The predicted molar refractivity (Wildman–Crippen MR) is 117 cm³/mol. The Kier molecular flexibility index (Phi) is 4.76. The molecular formula is C23H26BrN3O3. The third kappa shape index (κ3) is 3.09. The van der Waals surface area contributed by atoms with E-state index in [1.54, 1.807) is 4.90 Å². The van der Waals surface area contributed by atoms with Crippen LogP contribution >= 0.6 is 15.9 Å². The molecule has 2 aromatic rings. The largest absolute Gasteiger partial charge is 0.501 e. The van der Waals surface area contributed by atoms with E-state index in [2.05, 4.69) is 46.0 Å². The molecule has 0 bridgehead atoms. The van der Waals surface area contributed by atoms with Gasteiger partial charge in [-0.15, -0.1) is 0 Å². The number of fused-ring (bicyclic) bond motifs is 2. The zero-order valence-electron chi connectivity index (χ0n) is 17.2. The summed E-state index contributed by atoms with van der Waals surface area (Å²) in [5, 5.41) is 10.4. The highest BCUT2D eigenvalue weighted by Crippen LogP contribution is 2.45. The zero-order chi connectivity index (χ0) is 21.0. The van der Waals surface area contributed by atoms with E-state index in [0.29, 0.717) is 25.3 Å². The molecule has 30 heavy (non-hydrogen) atoms. The molecule has 1 atom stereocenters. The average Bonchev–Trinajstić information content (AvgIpc) is 3.35. The van der Waals surface area contributed by atoms with Crippen LogP contribution in [-0.4, -0.2) is 38.1 Å². The Morgan fingerprint density at radius 3 is 2.70 bits per heavy atom. The van der Waals surface area contributed by atoms with Crippen LogP contribution in [0.1, 0.15) is 66.0 Å². The minimum atomic E-state index is -0.694. The van der Waals surface area contributed by atoms with Crippen LogP contribution in [0.25, 0.3) is 0 Å². The topological polar surface area (TPSA) is 75.4 Å². The van der Waals surface area contributed by atoms with Gasteiger partial charge in [0.1, 0.15) is 5.82 Å². The molecule has 1 aliphatic carbocycles. The van der Waals surface area contributed by atoms with Crippen molar-refractivity contribution in [1.29, 1.82) is 0 Å². The van der Waals surface area contributed by atoms with Gasteiger partial charge in [0, 0.05) is 29.4 Å². The molecule has 3 aliphatic rings. The Labute approximate surface area is 184 Å². The summed E-state index contributed by atoms with van der Waals surface area (Å²) in [6, 6.07) is 6.64. The van der Waals surface area contributed by atoms with Crippen LogP contribution < -0.4 is 5.56 Å². The quantitative estimate of drug-likeness (QED) is 0.740. The summed E-state index contributed by atoms with van der Waals surface area (Å²) in [5.41, 5.74) is 1.78. The fourth-order valence-electron chi connectivity index (χ4n) is 5.74. The maximum absolute atomic E-state index is 13.1. The van der Waals surface area contributed by atoms with Gasteiger partial charge in [-0.25, -0.2) is 0 Å². The number of halogens is 1. The van der Waals surface area contributed by atoms with E-state index in [0.717, 1.165) is 43.0 Å². The zero-order valence-corrected chi connectivity index (χ0v) is 18.7. The number of hydrogen-bond donors (Lipinski definition) is 1. The molecule has 1 aromatic heterocycles. The number of nitrogens with zero attached hydrogens (tertiary/aromatic N) is 3. The summed E-state index contributed by atoms with van der Waals surface area (Å²) in [6.07, 6.45) is 6.84. The minimum Gasteiger partial charge on any atom is -0.501 e. The first-order valence-electron chi connectivity index (χ1n) is 10.8. The van der Waals surface area contributed by atoms with Gasteiger partial charge in [-0.2, -0.15) is 4.98 Å². The van der Waals surface area contributed by atoms with Gasteiger partial charge in [-0.1, -0.05) is 34.8 Å². The standard InChI is InChI=1S/C23H26BrN3O3/c1-14-9-15(11-16(24)10-14)23(6-2-3-7-23)12-18-25-21(29)20(28)19-22(30)26-8-4-5-17(26)13-27(18)19/h9-11,17,28H,2-8,12-13H2,1H3. The third-order valence-corrected chi connectivity index (χ3v) is 7.64. The van der Waals surface area contributed by atoms with Crippen LogP contribution in [0.4, 0.5) is 0 Å². The molecule has 6 nitrogen and oxygen atoms in total. The molecule has 0 spiro atoms. The number of aromatic nitrogens is 2. The monoisotopic (exact) mass is 471 g/mol. The summed E-state index contributed by atoms with van der Waals surface area (Å²) < 4.78 is 2.90. The van der Waals surface area contributed by atoms with Gasteiger partial charge >= 0.3 is 5.56 Å². The summed E-state index contributed by atoms with van der Waals surface area (Å²) in [5.74, 6) is -0.110. The highest BCUT2D eigenvalue weighted by Gasteiger charge is 2.42. The first kappa shape index (κ1) is 19.8. The number of benzene rings is 1. The Bertz CT molecular complexity index is 1070. The van der Waals surface area contributed by atoms with Gasteiger partial charge in [0.15, 0.2) is 5.69 Å². The lowest BCUT2D eigenvalue weighted by molar-refractivity contribution is 0.0655. The number of amides is 1. The molecule has 1 amide bonds. The molecule has 1 saturated heterocycles. The van der Waals surface area contributed by atoms with E-state index in [1.165, 1.54) is 11.1 Å². The van der Waals surface area contributed by atoms with E-state index in [1.807, 2.05) is 4.57 Å². The predicted octanol–water partition coefficient (Wildman–Crippen LogP) is 3.69. The van der Waals surface area contributed by atoms with Crippen molar-refractivity contribution in [2.75, 3.05) is 6.54 Å². The van der Waals surface area contributed by atoms with Crippen molar-refractivity contribution in [3.63, 3.8) is 0 Å². The number of aryl methyl sites for hydroxylation is 1. The minimum absolute atomic E-state index is 0.110. The van der Waals surface area contributed by atoms with Crippen molar-refractivity contribution in [3.05, 3.63) is 55.7 Å². The van der Waals surface area contributed by atoms with Crippen molar-refractivity contribution in [3.8, 4) is 5.75 Å². The van der Waals surface area contributed by atoms with Gasteiger partial charge in [-0.3, -0.25) is 9.59 Å². The van der Waals surface area contributed by atoms with Crippen molar-refractivity contribution in [2.24, 2.45) is 0 Å². The summed E-state index contributed by atoms with van der Waals surface area (Å²) in [6.45, 7) is 3.39. The fourth-order valence-corrected chi connectivity index (χ4v) is 6.35. The lowest BCUT2D eigenvalue weighted by Gasteiger charge is -2.36. The molecule has 2 aliphatic heterocycles. The second-order valence-electron chi connectivity index (χ2n) is 9.12. The SMILES string of the molecule is Cc1cc(Br)cc(C2(Cc3nc(=O)c(O)c4n3CC3CCCN3C4=O)CCCC2)c1. The van der Waals surface area contributed by atoms with Crippen LogP contribution in [0.2, 0.25) is 0 Å². The van der Waals surface area contributed by atoms with Crippen LogP contribution in [0.3, 0.4) is 0 Å². The highest BCUT2D eigenvalue weighted by molar-refractivity contribution is 9.10. The lowest BCUT2D eigenvalue weighted by Crippen LogP contribution is -2.47. The first-order chi connectivity index (χ1) is 14.4. The van der Waals surface area contributed by atoms with Gasteiger partial charge in [0.05, 0.1) is 6.04 Å². The van der Waals surface area contributed by atoms with Crippen molar-refractivity contribution < 1.29 is 9.90 Å². The average molecular weight is 472 g/mol. The molecule has 158 valence electrons. The second-order valence-corrected chi connectivity index (χ2v) is 10.0. The maximum Gasteiger partial charge on any atom is 0.315 e. The van der Waals surface area contributed by atoms with Crippen LogP contribution in [0.15, 0.2) is 27.5 Å². The smallest absolute Gasteiger partial charge is 0.315 e. The number of carbonyl (C=O) groups excluding carboxylic acids is 1. The van der Waals surface area contributed by atoms with Crippen molar-refractivity contribution in [2.45, 2.75) is 69.9 Å². The number of rotatable bonds is 3. The van der Waals surface area contributed by atoms with E-state index in [9.17, 15) is 14.7 Å². The highest BCUT2D eigenvalue weighted by atomic mass is 79.9. The number of hydrogen-bond acceptors (Lipinski definition) is 4. The molecule has 1 unspecified atom stereocenters. The number of carbonyl (C=O) groups is 1. The lowest BCUT2D eigenvalue weighted by atomic mass is 9.75. The Morgan fingerprint density at radius 1 is 1.20 bits per heavy atom. The Hall–Kier alpha value is -2.15. The van der Waals surface area contributed by atoms with Crippen molar-refractivity contribution in [1.82, 2.24) is 14.5 Å². The summed E-state index contributed by atoms with van der Waals surface area (Å²) >= 11 is 3.64.